The predicted molar refractivity (Wildman–Crippen MR) is 99.2 cm³/mol. The molecule has 0 bridgehead atoms. The molecule has 2 aliphatic rings. The second-order valence-electron chi connectivity index (χ2n) is 5.83. The van der Waals surface area contributed by atoms with Gasteiger partial charge in [-0.15, -0.1) is 0 Å². The second-order valence-corrected chi connectivity index (χ2v) is 6.89. The zero-order chi connectivity index (χ0) is 17.4. The van der Waals surface area contributed by atoms with E-state index in [1.807, 2.05) is 12.1 Å². The van der Waals surface area contributed by atoms with Crippen LogP contribution in [-0.2, 0) is 0 Å². The van der Waals surface area contributed by atoms with E-state index in [1.165, 1.54) is 12.3 Å². The van der Waals surface area contributed by atoms with Gasteiger partial charge >= 0.3 is 0 Å². The Morgan fingerprint density at radius 3 is 2.72 bits per heavy atom. The molecule has 3 heterocycles. The van der Waals surface area contributed by atoms with Gasteiger partial charge in [0.25, 0.3) is 0 Å². The number of fused-ring (bicyclic) bond motifs is 1. The van der Waals surface area contributed by atoms with E-state index in [0.717, 1.165) is 33.2 Å². The van der Waals surface area contributed by atoms with Gasteiger partial charge in [-0.05, 0) is 36.2 Å². The van der Waals surface area contributed by atoms with Crippen LogP contribution in [0.15, 0.2) is 53.7 Å². The third kappa shape index (κ3) is 3.09. The summed E-state index contributed by atoms with van der Waals surface area (Å²) >= 11 is 1.56. The van der Waals surface area contributed by atoms with Crippen LogP contribution >= 0.6 is 11.8 Å². The van der Waals surface area contributed by atoms with Crippen LogP contribution < -0.4 is 5.32 Å². The molecule has 1 unspecified atom stereocenters. The first-order valence-electron chi connectivity index (χ1n) is 7.92. The molecule has 1 atom stereocenters. The molecule has 4 rings (SSSR count). The Balaban J connectivity index is 1.58. The van der Waals surface area contributed by atoms with Crippen molar-refractivity contribution in [3.8, 4) is 0 Å². The number of halogens is 2. The number of hydrogen-bond donors (Lipinski definition) is 1. The molecule has 0 saturated heterocycles. The van der Waals surface area contributed by atoms with E-state index < -0.39 is 5.95 Å². The minimum Gasteiger partial charge on any atom is -0.386 e. The minimum atomic E-state index is -0.503. The number of rotatable bonds is 3. The third-order valence-corrected chi connectivity index (χ3v) is 5.42. The number of thioether (sulfide) groups is 1. The van der Waals surface area contributed by atoms with Crippen molar-refractivity contribution in [1.82, 2.24) is 4.98 Å². The van der Waals surface area contributed by atoms with E-state index in [9.17, 15) is 8.78 Å². The van der Waals surface area contributed by atoms with Crippen molar-refractivity contribution in [3.63, 3.8) is 0 Å². The normalized spacial score (nSPS) is 19.0. The van der Waals surface area contributed by atoms with E-state index in [-0.39, 0.29) is 11.7 Å². The van der Waals surface area contributed by atoms with Crippen molar-refractivity contribution < 1.29 is 8.78 Å². The standard InChI is InChI=1S/C19H15F2N3S/c1-22-16-6-2-11(8-14(16)20)17-9-12-3-5-15(24-19(12)25-17)13-4-7-18(21)23-10-13/h2,4-10,12,22H,3H2,1H3. The maximum Gasteiger partial charge on any atom is 0.212 e. The van der Waals surface area contributed by atoms with E-state index in [2.05, 4.69) is 16.4 Å². The Labute approximate surface area is 148 Å². The number of aromatic nitrogens is 1. The molecule has 3 nitrogen and oxygen atoms in total. The minimum absolute atomic E-state index is 0.212. The van der Waals surface area contributed by atoms with Crippen LogP contribution in [0.5, 0.6) is 0 Å². The monoisotopic (exact) mass is 355 g/mol. The zero-order valence-electron chi connectivity index (χ0n) is 13.5. The number of aliphatic imine (C=N–C) groups is 1. The van der Waals surface area contributed by atoms with Gasteiger partial charge in [-0.1, -0.05) is 30.0 Å². The van der Waals surface area contributed by atoms with E-state index in [1.54, 1.807) is 37.0 Å². The Morgan fingerprint density at radius 2 is 2.00 bits per heavy atom. The summed E-state index contributed by atoms with van der Waals surface area (Å²) in [5, 5.41) is 3.81. The Hall–Kier alpha value is -2.47. The Kier molecular flexibility index (Phi) is 4.13. The number of pyridine rings is 1. The summed E-state index contributed by atoms with van der Waals surface area (Å²) in [5.74, 6) is -0.560. The first kappa shape index (κ1) is 16.0. The van der Waals surface area contributed by atoms with Gasteiger partial charge < -0.3 is 5.32 Å². The van der Waals surface area contributed by atoms with E-state index in [0.29, 0.717) is 5.69 Å². The molecule has 6 heteroatoms. The highest BCUT2D eigenvalue weighted by atomic mass is 32.2. The largest absolute Gasteiger partial charge is 0.386 e. The van der Waals surface area contributed by atoms with E-state index in [4.69, 9.17) is 4.99 Å². The van der Waals surface area contributed by atoms with Crippen LogP contribution in [0.4, 0.5) is 14.5 Å². The van der Waals surface area contributed by atoms with Gasteiger partial charge in [0, 0.05) is 29.6 Å². The van der Waals surface area contributed by atoms with E-state index >= 15 is 0 Å². The second kappa shape index (κ2) is 6.44. The van der Waals surface area contributed by atoms with Crippen LogP contribution in [0, 0.1) is 17.7 Å². The lowest BCUT2D eigenvalue weighted by Gasteiger charge is -2.14. The lowest BCUT2D eigenvalue weighted by molar-refractivity contribution is 0.583. The first-order valence-corrected chi connectivity index (χ1v) is 8.73. The summed E-state index contributed by atoms with van der Waals surface area (Å²) < 4.78 is 27.0. The van der Waals surface area contributed by atoms with Crippen LogP contribution in [0.2, 0.25) is 0 Å². The van der Waals surface area contributed by atoms with Gasteiger partial charge in [-0.25, -0.2) is 14.4 Å². The molecule has 1 N–H and O–H groups in total. The summed E-state index contributed by atoms with van der Waals surface area (Å²) in [6, 6.07) is 8.20. The molecule has 0 aliphatic carbocycles. The Morgan fingerprint density at radius 1 is 1.16 bits per heavy atom. The smallest absolute Gasteiger partial charge is 0.212 e. The summed E-state index contributed by atoms with van der Waals surface area (Å²) in [6.07, 6.45) is 6.48. The van der Waals surface area contributed by atoms with Gasteiger partial charge in [-0.3, -0.25) is 0 Å². The van der Waals surface area contributed by atoms with Crippen molar-refractivity contribution in [2.45, 2.75) is 6.42 Å². The number of benzene rings is 1. The average Bonchev–Trinajstić information content (AvgIpc) is 3.05. The summed E-state index contributed by atoms with van der Waals surface area (Å²) in [4.78, 5) is 9.39. The lowest BCUT2D eigenvalue weighted by atomic mass is 10.00. The molecule has 0 saturated carbocycles. The number of allylic oxidation sites excluding steroid dienone is 2. The molecule has 1 aromatic heterocycles. The van der Waals surface area contributed by atoms with Crippen LogP contribution in [0.1, 0.15) is 17.5 Å². The van der Waals surface area contributed by atoms with Gasteiger partial charge in [0.2, 0.25) is 5.95 Å². The van der Waals surface area contributed by atoms with Gasteiger partial charge in [0.15, 0.2) is 0 Å². The Bertz CT molecular complexity index is 917. The number of hydrogen-bond acceptors (Lipinski definition) is 4. The molecule has 0 fully saturated rings. The number of nitrogens with one attached hydrogen (secondary N) is 1. The number of anilines is 1. The van der Waals surface area contributed by atoms with Crippen molar-refractivity contribution in [1.29, 1.82) is 0 Å². The lowest BCUT2D eigenvalue weighted by Crippen LogP contribution is -2.07. The highest BCUT2D eigenvalue weighted by molar-refractivity contribution is 8.22. The first-order chi connectivity index (χ1) is 12.1. The van der Waals surface area contributed by atoms with Crippen LogP contribution in [0.3, 0.4) is 0 Å². The molecule has 0 spiro atoms. The fourth-order valence-electron chi connectivity index (χ4n) is 2.89. The van der Waals surface area contributed by atoms with Gasteiger partial charge in [0.05, 0.1) is 16.4 Å². The topological polar surface area (TPSA) is 37.3 Å². The highest BCUT2D eigenvalue weighted by Gasteiger charge is 2.27. The highest BCUT2D eigenvalue weighted by Crippen LogP contribution is 2.44. The maximum atomic E-state index is 14.0. The van der Waals surface area contributed by atoms with Crippen LogP contribution in [0.25, 0.3) is 10.6 Å². The quantitative estimate of drug-likeness (QED) is 0.792. The van der Waals surface area contributed by atoms with Crippen molar-refractivity contribution in [2.24, 2.45) is 10.9 Å². The molecular weight excluding hydrogens is 340 g/mol. The zero-order valence-corrected chi connectivity index (χ0v) is 14.3. The summed E-state index contributed by atoms with van der Waals surface area (Å²) in [7, 11) is 1.70. The average molecular weight is 355 g/mol. The molecular formula is C19H15F2N3S. The molecule has 1 aromatic carbocycles. The SMILES string of the molecule is CNc1ccc(C2=CC3CC=C(c4ccc(F)nc4)N=C3S2)cc1F. The summed E-state index contributed by atoms with van der Waals surface area (Å²) in [5.41, 5.74) is 2.93. The molecule has 0 radical (unpaired) electrons. The molecule has 2 aliphatic heterocycles. The summed E-state index contributed by atoms with van der Waals surface area (Å²) in [6.45, 7) is 0. The molecule has 0 amide bonds. The van der Waals surface area contributed by atoms with Crippen molar-refractivity contribution >= 4 is 33.1 Å². The number of nitrogens with zero attached hydrogens (tertiary/aromatic N) is 2. The van der Waals surface area contributed by atoms with Crippen molar-refractivity contribution in [2.75, 3.05) is 12.4 Å². The maximum absolute atomic E-state index is 14.0. The predicted octanol–water partition coefficient (Wildman–Crippen LogP) is 4.95. The van der Waals surface area contributed by atoms with Crippen LogP contribution in [-0.4, -0.2) is 17.1 Å². The molecule has 25 heavy (non-hydrogen) atoms. The third-order valence-electron chi connectivity index (χ3n) is 4.23. The molecule has 2 aromatic rings. The fourth-order valence-corrected chi connectivity index (χ4v) is 4.05. The molecule has 126 valence electrons. The van der Waals surface area contributed by atoms with Crippen molar-refractivity contribution in [3.05, 3.63) is 71.6 Å². The fraction of sp³-hybridized carbons (Fsp3) is 0.158. The van der Waals surface area contributed by atoms with Gasteiger partial charge in [-0.2, -0.15) is 4.39 Å². The van der Waals surface area contributed by atoms with Gasteiger partial charge in [0.1, 0.15) is 5.82 Å².